The van der Waals surface area contributed by atoms with E-state index in [0.29, 0.717) is 11.0 Å². The Kier molecular flexibility index (Phi) is 4.40. The molecule has 0 saturated heterocycles. The van der Waals surface area contributed by atoms with E-state index in [-0.39, 0.29) is 11.5 Å². The van der Waals surface area contributed by atoms with Gasteiger partial charge in [0.25, 0.3) is 0 Å². The van der Waals surface area contributed by atoms with Crippen molar-refractivity contribution >= 4 is 21.8 Å². The normalized spacial score (nSPS) is 11.2. The third-order valence-electron chi connectivity index (χ3n) is 4.81. The van der Waals surface area contributed by atoms with Crippen molar-refractivity contribution in [1.82, 2.24) is 9.97 Å². The molecule has 0 unspecified atom stereocenters. The number of phenolic OH excluding ortho intramolecular Hbond substituents is 2. The average Bonchev–Trinajstić information content (AvgIpc) is 2.68. The number of aryl methyl sites for hydroxylation is 2. The van der Waals surface area contributed by atoms with Gasteiger partial charge in [-0.25, -0.2) is 0 Å². The first-order valence-corrected chi connectivity index (χ1v) is 8.85. The second kappa shape index (κ2) is 7.00. The van der Waals surface area contributed by atoms with Crippen LogP contribution in [0.25, 0.3) is 21.8 Å². The Hall–Kier alpha value is -3.14. The maximum Gasteiger partial charge on any atom is 0.144 e. The molecule has 0 aliphatic rings. The molecule has 0 aliphatic heterocycles. The summed E-state index contributed by atoms with van der Waals surface area (Å²) in [5, 5.41) is 22.7. The lowest BCUT2D eigenvalue weighted by molar-refractivity contribution is 0.468. The van der Waals surface area contributed by atoms with E-state index < -0.39 is 0 Å². The number of rotatable bonds is 5. The molecule has 0 fully saturated rings. The van der Waals surface area contributed by atoms with Gasteiger partial charge in [0.1, 0.15) is 22.5 Å². The Labute approximate surface area is 151 Å². The Morgan fingerprint density at radius 1 is 0.615 bits per heavy atom. The van der Waals surface area contributed by atoms with Gasteiger partial charge in [0.2, 0.25) is 0 Å². The van der Waals surface area contributed by atoms with Crippen LogP contribution in [0.5, 0.6) is 11.5 Å². The lowest BCUT2D eigenvalue weighted by Gasteiger charge is -2.09. The molecular formula is C22H20N2O2. The minimum absolute atomic E-state index is 0.279. The lowest BCUT2D eigenvalue weighted by atomic mass is 10.0. The third-order valence-corrected chi connectivity index (χ3v) is 4.81. The quantitative estimate of drug-likeness (QED) is 0.512. The van der Waals surface area contributed by atoms with Gasteiger partial charge in [0, 0.05) is 23.2 Å². The van der Waals surface area contributed by atoms with Gasteiger partial charge in [-0.15, -0.1) is 0 Å². The van der Waals surface area contributed by atoms with Gasteiger partial charge in [0.15, 0.2) is 0 Å². The first-order valence-electron chi connectivity index (χ1n) is 8.85. The summed E-state index contributed by atoms with van der Waals surface area (Å²) in [4.78, 5) is 8.54. The molecule has 0 atom stereocenters. The van der Waals surface area contributed by atoms with Crippen molar-refractivity contribution in [3.05, 3.63) is 72.1 Å². The Morgan fingerprint density at radius 3 is 1.54 bits per heavy atom. The molecule has 0 aliphatic carbocycles. The Balaban J connectivity index is 1.43. The summed E-state index contributed by atoms with van der Waals surface area (Å²) in [6, 6.07) is 15.6. The average molecular weight is 344 g/mol. The van der Waals surface area contributed by atoms with E-state index in [1.807, 2.05) is 48.5 Å². The Bertz CT molecular complexity index is 989. The van der Waals surface area contributed by atoms with Crippen molar-refractivity contribution in [2.75, 3.05) is 0 Å². The van der Waals surface area contributed by atoms with Crippen LogP contribution in [-0.2, 0) is 12.8 Å². The van der Waals surface area contributed by atoms with Crippen LogP contribution in [0.15, 0.2) is 60.9 Å². The summed E-state index contributed by atoms with van der Waals surface area (Å²) in [5.41, 5.74) is 3.15. The van der Waals surface area contributed by atoms with Crippen LogP contribution in [0.4, 0.5) is 0 Å². The SMILES string of the molecule is Oc1c(CCCCc2ccc3cccnc3c2O)ccc2cccnc12. The smallest absolute Gasteiger partial charge is 0.144 e. The van der Waals surface area contributed by atoms with Gasteiger partial charge in [-0.3, -0.25) is 9.97 Å². The summed E-state index contributed by atoms with van der Waals surface area (Å²) in [6.45, 7) is 0. The second-order valence-corrected chi connectivity index (χ2v) is 6.50. The molecule has 2 N–H and O–H groups in total. The van der Waals surface area contributed by atoms with E-state index in [2.05, 4.69) is 9.97 Å². The van der Waals surface area contributed by atoms with E-state index in [9.17, 15) is 10.2 Å². The predicted octanol–water partition coefficient (Wildman–Crippen LogP) is 4.76. The van der Waals surface area contributed by atoms with Crippen LogP contribution in [-0.4, -0.2) is 20.2 Å². The highest BCUT2D eigenvalue weighted by atomic mass is 16.3. The summed E-state index contributed by atoms with van der Waals surface area (Å²) >= 11 is 0. The third kappa shape index (κ3) is 3.06. The fourth-order valence-corrected chi connectivity index (χ4v) is 3.38. The minimum atomic E-state index is 0.279. The summed E-state index contributed by atoms with van der Waals surface area (Å²) in [7, 11) is 0. The van der Waals surface area contributed by atoms with Crippen LogP contribution in [0.2, 0.25) is 0 Å². The van der Waals surface area contributed by atoms with Gasteiger partial charge in [-0.2, -0.15) is 0 Å². The summed E-state index contributed by atoms with van der Waals surface area (Å²) < 4.78 is 0. The van der Waals surface area contributed by atoms with Gasteiger partial charge in [-0.05, 0) is 48.9 Å². The molecule has 0 saturated carbocycles. The van der Waals surface area contributed by atoms with Crippen molar-refractivity contribution in [2.24, 2.45) is 0 Å². The maximum atomic E-state index is 10.4. The fourth-order valence-electron chi connectivity index (χ4n) is 3.38. The zero-order valence-corrected chi connectivity index (χ0v) is 14.4. The number of phenols is 2. The van der Waals surface area contributed by atoms with Gasteiger partial charge < -0.3 is 10.2 Å². The van der Waals surface area contributed by atoms with Crippen molar-refractivity contribution < 1.29 is 10.2 Å². The number of pyridine rings is 2. The minimum Gasteiger partial charge on any atom is -0.505 e. The first kappa shape index (κ1) is 16.3. The van der Waals surface area contributed by atoms with E-state index in [1.54, 1.807) is 12.4 Å². The van der Waals surface area contributed by atoms with Crippen molar-refractivity contribution in [3.63, 3.8) is 0 Å². The number of aromatic nitrogens is 2. The number of nitrogens with zero attached hydrogens (tertiary/aromatic N) is 2. The number of hydrogen-bond acceptors (Lipinski definition) is 4. The first-order chi connectivity index (χ1) is 12.7. The monoisotopic (exact) mass is 344 g/mol. The standard InChI is InChI=1S/C22H20N2O2/c25-21-17(11-9-15-7-3-13-23-19(15)21)5-1-2-6-18-12-10-16-8-4-14-24-20(16)22(18)26/h3-4,7-14,25-26H,1-2,5-6H2. The van der Waals surface area contributed by atoms with Gasteiger partial charge in [-0.1, -0.05) is 36.4 Å². The zero-order chi connectivity index (χ0) is 17.9. The molecule has 26 heavy (non-hydrogen) atoms. The molecule has 0 spiro atoms. The predicted molar refractivity (Wildman–Crippen MR) is 103 cm³/mol. The van der Waals surface area contributed by atoms with E-state index >= 15 is 0 Å². The molecule has 2 aromatic carbocycles. The molecule has 4 rings (SSSR count). The van der Waals surface area contributed by atoms with Crippen molar-refractivity contribution in [1.29, 1.82) is 0 Å². The largest absolute Gasteiger partial charge is 0.505 e. The molecular weight excluding hydrogens is 324 g/mol. The second-order valence-electron chi connectivity index (χ2n) is 6.50. The highest BCUT2D eigenvalue weighted by Gasteiger charge is 2.09. The van der Waals surface area contributed by atoms with E-state index in [4.69, 9.17) is 0 Å². The topological polar surface area (TPSA) is 66.2 Å². The summed E-state index contributed by atoms with van der Waals surface area (Å²) in [5.74, 6) is 0.557. The van der Waals surface area contributed by atoms with Crippen LogP contribution in [0.1, 0.15) is 24.0 Å². The van der Waals surface area contributed by atoms with Crippen LogP contribution < -0.4 is 0 Å². The Morgan fingerprint density at radius 2 is 1.08 bits per heavy atom. The highest BCUT2D eigenvalue weighted by Crippen LogP contribution is 2.30. The molecule has 0 bridgehead atoms. The maximum absolute atomic E-state index is 10.4. The van der Waals surface area contributed by atoms with Gasteiger partial charge >= 0.3 is 0 Å². The molecule has 4 aromatic rings. The number of fused-ring (bicyclic) bond motifs is 2. The number of hydrogen-bond donors (Lipinski definition) is 2. The molecule has 2 aromatic heterocycles. The molecule has 0 amide bonds. The van der Waals surface area contributed by atoms with Gasteiger partial charge in [0.05, 0.1) is 0 Å². The molecule has 4 nitrogen and oxygen atoms in total. The molecule has 4 heteroatoms. The molecule has 0 radical (unpaired) electrons. The number of aromatic hydroxyl groups is 2. The van der Waals surface area contributed by atoms with Crippen molar-refractivity contribution in [3.8, 4) is 11.5 Å². The molecule has 130 valence electrons. The lowest BCUT2D eigenvalue weighted by Crippen LogP contribution is -1.93. The van der Waals surface area contributed by atoms with Crippen LogP contribution in [0, 0.1) is 0 Å². The fraction of sp³-hybridized carbons (Fsp3) is 0.182. The van der Waals surface area contributed by atoms with Crippen molar-refractivity contribution in [2.45, 2.75) is 25.7 Å². The van der Waals surface area contributed by atoms with E-state index in [0.717, 1.165) is 47.6 Å². The van der Waals surface area contributed by atoms with Crippen LogP contribution in [0.3, 0.4) is 0 Å². The van der Waals surface area contributed by atoms with Crippen LogP contribution >= 0.6 is 0 Å². The van der Waals surface area contributed by atoms with E-state index in [1.165, 1.54) is 0 Å². The zero-order valence-electron chi connectivity index (χ0n) is 14.4. The highest BCUT2D eigenvalue weighted by molar-refractivity contribution is 5.86. The summed E-state index contributed by atoms with van der Waals surface area (Å²) in [6.07, 6.45) is 6.80. The number of unbranched alkanes of at least 4 members (excludes halogenated alkanes) is 1. The number of benzene rings is 2. The molecule has 2 heterocycles.